The Labute approximate surface area is 99.7 Å². The maximum atomic E-state index is 12.7. The van der Waals surface area contributed by atoms with Crippen molar-refractivity contribution in [3.8, 4) is 0 Å². The molecule has 1 aromatic carbocycles. The number of halogens is 1. The van der Waals surface area contributed by atoms with E-state index in [-0.39, 0.29) is 11.5 Å². The third-order valence-electron chi connectivity index (χ3n) is 2.57. The van der Waals surface area contributed by atoms with Crippen molar-refractivity contribution < 1.29 is 18.0 Å². The molecule has 4 nitrogen and oxygen atoms in total. The molecule has 94 valence electrons. The molecule has 0 aromatic heterocycles. The first-order chi connectivity index (χ1) is 7.92. The van der Waals surface area contributed by atoms with E-state index in [1.54, 1.807) is 0 Å². The highest BCUT2D eigenvalue weighted by molar-refractivity contribution is 7.92. The molecule has 0 spiro atoms. The summed E-state index contributed by atoms with van der Waals surface area (Å²) in [4.78, 5) is 0. The summed E-state index contributed by atoms with van der Waals surface area (Å²) in [6.45, 7) is 2.96. The maximum absolute atomic E-state index is 12.7. The fourth-order valence-corrected chi connectivity index (χ4v) is 2.44. The van der Waals surface area contributed by atoms with Gasteiger partial charge in [-0.1, -0.05) is 24.2 Å². The van der Waals surface area contributed by atoms with E-state index in [9.17, 15) is 12.8 Å². The number of hydrogen-bond acceptors (Lipinski definition) is 4. The van der Waals surface area contributed by atoms with Crippen LogP contribution in [-0.2, 0) is 9.84 Å². The van der Waals surface area contributed by atoms with Gasteiger partial charge < -0.3 is 5.21 Å². The highest BCUT2D eigenvalue weighted by Crippen LogP contribution is 2.13. The summed E-state index contributed by atoms with van der Waals surface area (Å²) < 4.78 is 36.1. The number of nitrogens with zero attached hydrogens (tertiary/aromatic N) is 1. The van der Waals surface area contributed by atoms with Crippen LogP contribution in [0.4, 0.5) is 4.39 Å². The molecule has 1 unspecified atom stereocenters. The second kappa shape index (κ2) is 5.27. The highest BCUT2D eigenvalue weighted by Gasteiger charge is 2.25. The molecule has 0 saturated carbocycles. The standard InChI is InChI=1S/C11H14FNO3S/c1-3-17(15,16)8(2)11(13-14)9-4-6-10(12)7-5-9/h4-8,14H,3H2,1-2H3/b13-11-. The molecule has 0 bridgehead atoms. The fraction of sp³-hybridized carbons (Fsp3) is 0.364. The van der Waals surface area contributed by atoms with Gasteiger partial charge in [-0.05, 0) is 19.1 Å². The first-order valence-corrected chi connectivity index (χ1v) is 6.83. The molecule has 1 atom stereocenters. The first-order valence-electron chi connectivity index (χ1n) is 5.11. The fourth-order valence-electron chi connectivity index (χ4n) is 1.41. The zero-order valence-electron chi connectivity index (χ0n) is 9.59. The van der Waals surface area contributed by atoms with E-state index >= 15 is 0 Å². The molecule has 0 heterocycles. The van der Waals surface area contributed by atoms with Gasteiger partial charge in [0.15, 0.2) is 9.84 Å². The predicted octanol–water partition coefficient (Wildman–Crippen LogP) is 1.83. The van der Waals surface area contributed by atoms with Crippen LogP contribution in [0.15, 0.2) is 29.4 Å². The second-order valence-electron chi connectivity index (χ2n) is 3.59. The Morgan fingerprint density at radius 1 is 1.41 bits per heavy atom. The number of rotatable bonds is 4. The Morgan fingerprint density at radius 3 is 2.35 bits per heavy atom. The molecule has 1 N–H and O–H groups in total. The lowest BCUT2D eigenvalue weighted by Gasteiger charge is -2.13. The number of oxime groups is 1. The average molecular weight is 259 g/mol. The SMILES string of the molecule is CCS(=O)(=O)C(C)/C(=N/O)c1ccc(F)cc1. The Morgan fingerprint density at radius 2 is 1.94 bits per heavy atom. The molecule has 1 aromatic rings. The summed E-state index contributed by atoms with van der Waals surface area (Å²) in [7, 11) is -3.35. The van der Waals surface area contributed by atoms with Crippen molar-refractivity contribution in [2.24, 2.45) is 5.16 Å². The van der Waals surface area contributed by atoms with Crippen LogP contribution in [0, 0.1) is 5.82 Å². The van der Waals surface area contributed by atoms with E-state index in [1.807, 2.05) is 0 Å². The summed E-state index contributed by atoms with van der Waals surface area (Å²) in [5, 5.41) is 11.0. The Hall–Kier alpha value is -1.43. The molecule has 6 heteroatoms. The van der Waals surface area contributed by atoms with Crippen molar-refractivity contribution in [2.45, 2.75) is 19.1 Å². The van der Waals surface area contributed by atoms with Crippen molar-refractivity contribution in [3.05, 3.63) is 35.6 Å². The van der Waals surface area contributed by atoms with Crippen molar-refractivity contribution in [1.82, 2.24) is 0 Å². The van der Waals surface area contributed by atoms with Crippen LogP contribution >= 0.6 is 0 Å². The van der Waals surface area contributed by atoms with Crippen LogP contribution in [0.25, 0.3) is 0 Å². The third kappa shape index (κ3) is 3.03. The minimum absolute atomic E-state index is 0.0202. The van der Waals surface area contributed by atoms with Crippen LogP contribution in [0.1, 0.15) is 19.4 Å². The van der Waals surface area contributed by atoms with Gasteiger partial charge in [-0.3, -0.25) is 0 Å². The number of sulfone groups is 1. The maximum Gasteiger partial charge on any atom is 0.158 e. The van der Waals surface area contributed by atoms with Crippen LogP contribution in [0.3, 0.4) is 0 Å². The number of benzene rings is 1. The predicted molar refractivity (Wildman–Crippen MR) is 63.6 cm³/mol. The molecular weight excluding hydrogens is 245 g/mol. The number of hydrogen-bond donors (Lipinski definition) is 1. The molecule has 0 aliphatic rings. The minimum Gasteiger partial charge on any atom is -0.411 e. The van der Waals surface area contributed by atoms with Gasteiger partial charge >= 0.3 is 0 Å². The van der Waals surface area contributed by atoms with E-state index in [0.717, 1.165) is 0 Å². The van der Waals surface area contributed by atoms with Gasteiger partial charge in [0, 0.05) is 11.3 Å². The van der Waals surface area contributed by atoms with E-state index in [0.29, 0.717) is 5.56 Å². The Kier molecular flexibility index (Phi) is 4.22. The molecule has 0 fully saturated rings. The van der Waals surface area contributed by atoms with E-state index in [1.165, 1.54) is 38.1 Å². The van der Waals surface area contributed by atoms with Crippen LogP contribution in [0.2, 0.25) is 0 Å². The van der Waals surface area contributed by atoms with Crippen molar-refractivity contribution >= 4 is 15.5 Å². The molecule has 1 rings (SSSR count). The zero-order chi connectivity index (χ0) is 13.1. The van der Waals surface area contributed by atoms with Crippen LogP contribution in [-0.4, -0.2) is 30.3 Å². The van der Waals surface area contributed by atoms with Crippen LogP contribution < -0.4 is 0 Å². The van der Waals surface area contributed by atoms with E-state index in [4.69, 9.17) is 5.21 Å². The van der Waals surface area contributed by atoms with Crippen LogP contribution in [0.5, 0.6) is 0 Å². The molecule has 17 heavy (non-hydrogen) atoms. The Balaban J connectivity index is 3.14. The van der Waals surface area contributed by atoms with Crippen molar-refractivity contribution in [3.63, 3.8) is 0 Å². The summed E-state index contributed by atoms with van der Waals surface area (Å²) in [6.07, 6.45) is 0. The Bertz CT molecular complexity index is 508. The molecule has 0 aliphatic carbocycles. The molecule has 0 amide bonds. The van der Waals surface area contributed by atoms with Gasteiger partial charge in [-0.25, -0.2) is 12.8 Å². The van der Waals surface area contributed by atoms with Gasteiger partial charge in [0.25, 0.3) is 0 Å². The van der Waals surface area contributed by atoms with Gasteiger partial charge in [0.2, 0.25) is 0 Å². The first kappa shape index (κ1) is 13.6. The lowest BCUT2D eigenvalue weighted by Crippen LogP contribution is -2.29. The molecular formula is C11H14FNO3S. The monoisotopic (exact) mass is 259 g/mol. The molecule has 0 radical (unpaired) electrons. The third-order valence-corrected chi connectivity index (χ3v) is 4.68. The smallest absolute Gasteiger partial charge is 0.158 e. The normalized spacial score (nSPS) is 14.6. The molecule has 0 aliphatic heterocycles. The van der Waals surface area contributed by atoms with Gasteiger partial charge in [0.1, 0.15) is 16.8 Å². The highest BCUT2D eigenvalue weighted by atomic mass is 32.2. The lowest BCUT2D eigenvalue weighted by molar-refractivity contribution is 0.318. The zero-order valence-corrected chi connectivity index (χ0v) is 10.4. The lowest BCUT2D eigenvalue weighted by atomic mass is 10.1. The molecule has 0 saturated heterocycles. The van der Waals surface area contributed by atoms with Gasteiger partial charge in [-0.15, -0.1) is 0 Å². The topological polar surface area (TPSA) is 66.7 Å². The summed E-state index contributed by atoms with van der Waals surface area (Å²) in [5.41, 5.74) is 0.408. The second-order valence-corrected chi connectivity index (χ2v) is 6.20. The largest absolute Gasteiger partial charge is 0.411 e. The van der Waals surface area contributed by atoms with Gasteiger partial charge in [-0.2, -0.15) is 0 Å². The van der Waals surface area contributed by atoms with Crippen molar-refractivity contribution in [2.75, 3.05) is 5.75 Å². The average Bonchev–Trinajstić information content (AvgIpc) is 2.32. The quantitative estimate of drug-likeness (QED) is 0.509. The van der Waals surface area contributed by atoms with Crippen molar-refractivity contribution in [1.29, 1.82) is 0 Å². The van der Waals surface area contributed by atoms with Gasteiger partial charge in [0.05, 0.1) is 0 Å². The summed E-state index contributed by atoms with van der Waals surface area (Å²) in [6, 6.07) is 5.13. The van der Waals surface area contributed by atoms with E-state index < -0.39 is 20.9 Å². The summed E-state index contributed by atoms with van der Waals surface area (Å²) in [5.74, 6) is -0.481. The minimum atomic E-state index is -3.35. The summed E-state index contributed by atoms with van der Waals surface area (Å²) >= 11 is 0. The van der Waals surface area contributed by atoms with E-state index in [2.05, 4.69) is 5.16 Å².